The Hall–Kier alpha value is -1.83. The van der Waals surface area contributed by atoms with Crippen LogP contribution in [0.25, 0.3) is 0 Å². The molecular formula is C12H24N4O4. The molecule has 4 N–H and O–H groups in total. The van der Waals surface area contributed by atoms with E-state index in [1.54, 1.807) is 6.92 Å². The number of rotatable bonds is 8. The molecule has 0 aromatic rings. The van der Waals surface area contributed by atoms with Gasteiger partial charge >= 0.3 is 12.0 Å². The van der Waals surface area contributed by atoms with Gasteiger partial charge in [0, 0.05) is 19.1 Å². The highest BCUT2D eigenvalue weighted by Gasteiger charge is 2.26. The molecule has 0 fully saturated rings. The second-order valence-corrected chi connectivity index (χ2v) is 4.91. The van der Waals surface area contributed by atoms with E-state index in [1.807, 2.05) is 25.9 Å². The quantitative estimate of drug-likeness (QED) is 0.546. The van der Waals surface area contributed by atoms with Crippen LogP contribution < -0.4 is 11.1 Å². The summed E-state index contributed by atoms with van der Waals surface area (Å²) >= 11 is 0. The summed E-state index contributed by atoms with van der Waals surface area (Å²) in [6, 6.07) is -1.91. The second kappa shape index (κ2) is 8.36. The lowest BCUT2D eigenvalue weighted by Crippen LogP contribution is -2.53. The number of carboxylic acids is 1. The summed E-state index contributed by atoms with van der Waals surface area (Å²) in [6.45, 7) is 4.75. The van der Waals surface area contributed by atoms with Crippen molar-refractivity contribution in [2.45, 2.75) is 32.4 Å². The van der Waals surface area contributed by atoms with Gasteiger partial charge in [0.1, 0.15) is 6.04 Å². The molecule has 0 rings (SSSR count). The predicted octanol–water partition coefficient (Wildman–Crippen LogP) is -0.703. The number of hydrogen-bond donors (Lipinski definition) is 3. The van der Waals surface area contributed by atoms with Crippen LogP contribution >= 0.6 is 0 Å². The van der Waals surface area contributed by atoms with E-state index in [1.165, 1.54) is 4.90 Å². The minimum Gasteiger partial charge on any atom is -0.480 e. The van der Waals surface area contributed by atoms with Crippen molar-refractivity contribution in [2.24, 2.45) is 5.73 Å². The Labute approximate surface area is 118 Å². The van der Waals surface area contributed by atoms with Crippen LogP contribution in [0.2, 0.25) is 0 Å². The zero-order valence-corrected chi connectivity index (χ0v) is 12.4. The summed E-state index contributed by atoms with van der Waals surface area (Å²) in [5.41, 5.74) is 4.97. The number of nitrogens with one attached hydrogen (secondary N) is 1. The summed E-state index contributed by atoms with van der Waals surface area (Å²) in [7, 11) is 3.77. The van der Waals surface area contributed by atoms with Crippen LogP contribution in [0.5, 0.6) is 0 Å². The van der Waals surface area contributed by atoms with E-state index >= 15 is 0 Å². The molecule has 0 aromatic carbocycles. The standard InChI is InChI=1S/C12H24N4O4/c1-5-16(8(2)7-15(3)4)12(20)14-9(11(18)19)6-10(13)17/h8-9H,5-7H2,1-4H3,(H2,13,17)(H,14,20)(H,18,19)/t8?,9-/m1/s1. The first kappa shape index (κ1) is 18.2. The molecule has 8 nitrogen and oxygen atoms in total. The number of carbonyl (C=O) groups is 3. The number of carboxylic acid groups (broad SMARTS) is 1. The van der Waals surface area contributed by atoms with Crippen LogP contribution in [-0.2, 0) is 9.59 Å². The maximum Gasteiger partial charge on any atom is 0.326 e. The minimum absolute atomic E-state index is 0.0852. The Kier molecular flexibility index (Phi) is 7.60. The van der Waals surface area contributed by atoms with E-state index in [2.05, 4.69) is 5.32 Å². The number of hydrogen-bond acceptors (Lipinski definition) is 4. The van der Waals surface area contributed by atoms with Crippen molar-refractivity contribution in [3.8, 4) is 0 Å². The first-order valence-corrected chi connectivity index (χ1v) is 6.42. The lowest BCUT2D eigenvalue weighted by molar-refractivity contribution is -0.141. The first-order chi connectivity index (χ1) is 9.18. The summed E-state index contributed by atoms with van der Waals surface area (Å²) in [4.78, 5) is 37.3. The lowest BCUT2D eigenvalue weighted by atomic mass is 10.2. The number of urea groups is 1. The smallest absolute Gasteiger partial charge is 0.326 e. The van der Waals surface area contributed by atoms with Crippen molar-refractivity contribution in [1.29, 1.82) is 0 Å². The molecule has 0 aliphatic carbocycles. The Bertz CT molecular complexity index is 359. The number of likely N-dealkylation sites (N-methyl/N-ethyl adjacent to an activating group) is 2. The summed E-state index contributed by atoms with van der Waals surface area (Å²) in [6.07, 6.45) is -0.430. The van der Waals surface area contributed by atoms with Gasteiger partial charge in [-0.15, -0.1) is 0 Å². The summed E-state index contributed by atoms with van der Waals surface area (Å²) in [5.74, 6) is -2.06. The molecule has 8 heteroatoms. The highest BCUT2D eigenvalue weighted by molar-refractivity contribution is 5.87. The van der Waals surface area contributed by atoms with E-state index in [0.717, 1.165) is 0 Å². The number of amides is 3. The van der Waals surface area contributed by atoms with Crippen LogP contribution in [0.3, 0.4) is 0 Å². The SMILES string of the molecule is CCN(C(=O)N[C@H](CC(N)=O)C(=O)O)C(C)CN(C)C. The largest absolute Gasteiger partial charge is 0.480 e. The topological polar surface area (TPSA) is 116 Å². The van der Waals surface area contributed by atoms with Gasteiger partial charge in [-0.25, -0.2) is 9.59 Å². The Morgan fingerprint density at radius 3 is 2.20 bits per heavy atom. The molecule has 3 amide bonds. The molecule has 0 radical (unpaired) electrons. The van der Waals surface area contributed by atoms with E-state index in [9.17, 15) is 14.4 Å². The maximum atomic E-state index is 12.1. The maximum absolute atomic E-state index is 12.1. The van der Waals surface area contributed by atoms with Crippen molar-refractivity contribution < 1.29 is 19.5 Å². The number of carbonyl (C=O) groups excluding carboxylic acids is 2. The lowest BCUT2D eigenvalue weighted by Gasteiger charge is -2.31. The van der Waals surface area contributed by atoms with Crippen molar-refractivity contribution in [3.05, 3.63) is 0 Å². The molecule has 116 valence electrons. The fourth-order valence-electron chi connectivity index (χ4n) is 1.92. The average Bonchev–Trinajstić information content (AvgIpc) is 2.26. The van der Waals surface area contributed by atoms with Crippen LogP contribution in [-0.4, -0.2) is 72.1 Å². The van der Waals surface area contributed by atoms with Crippen LogP contribution in [0.4, 0.5) is 4.79 Å². The second-order valence-electron chi connectivity index (χ2n) is 4.91. The number of nitrogens with two attached hydrogens (primary N) is 1. The first-order valence-electron chi connectivity index (χ1n) is 6.42. The summed E-state index contributed by atoms with van der Waals surface area (Å²) in [5, 5.41) is 11.3. The molecule has 0 aromatic heterocycles. The van der Waals surface area contributed by atoms with Gasteiger partial charge in [0.15, 0.2) is 0 Å². The van der Waals surface area contributed by atoms with Gasteiger partial charge in [-0.2, -0.15) is 0 Å². The van der Waals surface area contributed by atoms with Crippen LogP contribution in [0, 0.1) is 0 Å². The van der Waals surface area contributed by atoms with Crippen molar-refractivity contribution in [2.75, 3.05) is 27.2 Å². The van der Waals surface area contributed by atoms with Crippen molar-refractivity contribution >= 4 is 17.9 Å². The molecule has 0 saturated carbocycles. The minimum atomic E-state index is -1.30. The van der Waals surface area contributed by atoms with Crippen LogP contribution in [0.1, 0.15) is 20.3 Å². The third kappa shape index (κ3) is 6.37. The normalized spacial score (nSPS) is 13.7. The zero-order valence-electron chi connectivity index (χ0n) is 12.4. The molecule has 0 aliphatic rings. The molecule has 0 bridgehead atoms. The molecule has 0 heterocycles. The Morgan fingerprint density at radius 1 is 1.30 bits per heavy atom. The average molecular weight is 288 g/mol. The van der Waals surface area contributed by atoms with Gasteiger partial charge in [0.05, 0.1) is 6.42 Å². The van der Waals surface area contributed by atoms with E-state index in [-0.39, 0.29) is 6.04 Å². The predicted molar refractivity (Wildman–Crippen MR) is 74.2 cm³/mol. The van der Waals surface area contributed by atoms with Gasteiger partial charge < -0.3 is 26.0 Å². The van der Waals surface area contributed by atoms with Crippen molar-refractivity contribution in [3.63, 3.8) is 0 Å². The third-order valence-corrected chi connectivity index (χ3v) is 2.76. The Morgan fingerprint density at radius 2 is 1.85 bits per heavy atom. The highest BCUT2D eigenvalue weighted by atomic mass is 16.4. The van der Waals surface area contributed by atoms with E-state index < -0.39 is 30.4 Å². The summed E-state index contributed by atoms with van der Waals surface area (Å²) < 4.78 is 0. The van der Waals surface area contributed by atoms with Gasteiger partial charge in [-0.3, -0.25) is 4.79 Å². The molecule has 0 saturated heterocycles. The third-order valence-electron chi connectivity index (χ3n) is 2.76. The molecule has 2 atom stereocenters. The monoisotopic (exact) mass is 288 g/mol. The highest BCUT2D eigenvalue weighted by Crippen LogP contribution is 2.03. The number of primary amides is 1. The number of nitrogens with zero attached hydrogens (tertiary/aromatic N) is 2. The zero-order chi connectivity index (χ0) is 15.9. The van der Waals surface area contributed by atoms with E-state index in [0.29, 0.717) is 13.1 Å². The van der Waals surface area contributed by atoms with Gasteiger partial charge in [-0.05, 0) is 27.9 Å². The van der Waals surface area contributed by atoms with Gasteiger partial charge in [0.2, 0.25) is 5.91 Å². The fourth-order valence-corrected chi connectivity index (χ4v) is 1.92. The van der Waals surface area contributed by atoms with E-state index in [4.69, 9.17) is 10.8 Å². The fraction of sp³-hybridized carbons (Fsp3) is 0.750. The van der Waals surface area contributed by atoms with Gasteiger partial charge in [0.25, 0.3) is 0 Å². The van der Waals surface area contributed by atoms with Gasteiger partial charge in [-0.1, -0.05) is 0 Å². The number of aliphatic carboxylic acids is 1. The molecule has 0 spiro atoms. The molecule has 20 heavy (non-hydrogen) atoms. The molecular weight excluding hydrogens is 264 g/mol. The molecule has 1 unspecified atom stereocenters. The van der Waals surface area contributed by atoms with Crippen molar-refractivity contribution in [1.82, 2.24) is 15.1 Å². The Balaban J connectivity index is 4.74. The molecule has 0 aliphatic heterocycles. The van der Waals surface area contributed by atoms with Crippen LogP contribution in [0.15, 0.2) is 0 Å².